The van der Waals surface area contributed by atoms with Crippen molar-refractivity contribution in [2.45, 2.75) is 32.8 Å². The van der Waals surface area contributed by atoms with E-state index in [9.17, 15) is 0 Å². The van der Waals surface area contributed by atoms with Crippen molar-refractivity contribution >= 4 is 0 Å². The van der Waals surface area contributed by atoms with Gasteiger partial charge in [-0.3, -0.25) is 0 Å². The quantitative estimate of drug-likeness (QED) is 0.660. The molecule has 80 valence electrons. The van der Waals surface area contributed by atoms with Gasteiger partial charge in [0.2, 0.25) is 5.89 Å². The zero-order valence-corrected chi connectivity index (χ0v) is 8.53. The molecule has 0 atom stereocenters. The second-order valence-corrected chi connectivity index (χ2v) is 3.05. The summed E-state index contributed by atoms with van der Waals surface area (Å²) in [5.41, 5.74) is 5.32. The fourth-order valence-corrected chi connectivity index (χ4v) is 1.01. The van der Waals surface area contributed by atoms with Gasteiger partial charge in [-0.2, -0.15) is 4.98 Å². The molecular formula is C9H17N3O2. The largest absolute Gasteiger partial charge is 0.373 e. The molecule has 0 spiro atoms. The molecule has 1 aromatic rings. The van der Waals surface area contributed by atoms with Gasteiger partial charge in [0.25, 0.3) is 0 Å². The van der Waals surface area contributed by atoms with Gasteiger partial charge in [-0.15, -0.1) is 0 Å². The molecule has 0 bridgehead atoms. The van der Waals surface area contributed by atoms with Crippen LogP contribution in [0.2, 0.25) is 0 Å². The number of aryl methyl sites for hydroxylation is 1. The lowest BCUT2D eigenvalue weighted by Crippen LogP contribution is -2.04. The maximum absolute atomic E-state index is 5.32. The van der Waals surface area contributed by atoms with Crippen molar-refractivity contribution in [1.29, 1.82) is 0 Å². The van der Waals surface area contributed by atoms with Crippen molar-refractivity contribution < 1.29 is 9.26 Å². The Morgan fingerprint density at radius 3 is 3.07 bits per heavy atom. The molecule has 2 N–H and O–H groups in total. The van der Waals surface area contributed by atoms with E-state index in [0.29, 0.717) is 31.5 Å². The van der Waals surface area contributed by atoms with Gasteiger partial charge in [0.05, 0.1) is 0 Å². The zero-order valence-electron chi connectivity index (χ0n) is 8.53. The van der Waals surface area contributed by atoms with Gasteiger partial charge in [-0.1, -0.05) is 12.1 Å². The number of nitrogens with two attached hydrogens (primary N) is 1. The molecule has 14 heavy (non-hydrogen) atoms. The first-order valence-electron chi connectivity index (χ1n) is 4.96. The van der Waals surface area contributed by atoms with Crippen LogP contribution in [0.25, 0.3) is 0 Å². The highest BCUT2D eigenvalue weighted by Gasteiger charge is 2.04. The Bertz CT molecular complexity index is 250. The van der Waals surface area contributed by atoms with Crippen LogP contribution in [0.4, 0.5) is 0 Å². The topological polar surface area (TPSA) is 74.2 Å². The smallest absolute Gasteiger partial charge is 0.226 e. The van der Waals surface area contributed by atoms with Gasteiger partial charge in [-0.05, 0) is 19.4 Å². The zero-order chi connectivity index (χ0) is 10.2. The lowest BCUT2D eigenvalue weighted by molar-refractivity contribution is 0.112. The normalized spacial score (nSPS) is 10.7. The maximum atomic E-state index is 5.32. The molecule has 0 saturated carbocycles. The van der Waals surface area contributed by atoms with Crippen LogP contribution in [0.5, 0.6) is 0 Å². The molecule has 1 heterocycles. The number of rotatable bonds is 7. The molecule has 5 nitrogen and oxygen atoms in total. The molecule has 0 aliphatic heterocycles. The van der Waals surface area contributed by atoms with E-state index in [0.717, 1.165) is 19.3 Å². The number of nitrogens with zero attached hydrogens (tertiary/aromatic N) is 2. The SMILES string of the molecule is CCCc1nc(COCCCN)no1. The number of hydrogen-bond acceptors (Lipinski definition) is 5. The second-order valence-electron chi connectivity index (χ2n) is 3.05. The average Bonchev–Trinajstić information content (AvgIpc) is 2.61. The van der Waals surface area contributed by atoms with Gasteiger partial charge < -0.3 is 15.0 Å². The van der Waals surface area contributed by atoms with Crippen LogP contribution in [0, 0.1) is 0 Å². The highest BCUT2D eigenvalue weighted by Crippen LogP contribution is 2.01. The van der Waals surface area contributed by atoms with E-state index in [2.05, 4.69) is 17.1 Å². The van der Waals surface area contributed by atoms with Crippen LogP contribution in [0.15, 0.2) is 4.52 Å². The van der Waals surface area contributed by atoms with Gasteiger partial charge in [0.1, 0.15) is 6.61 Å². The molecule has 5 heteroatoms. The Hall–Kier alpha value is -0.940. The van der Waals surface area contributed by atoms with Crippen LogP contribution in [0.1, 0.15) is 31.5 Å². The first-order valence-corrected chi connectivity index (χ1v) is 4.96. The summed E-state index contributed by atoms with van der Waals surface area (Å²) < 4.78 is 10.3. The Balaban J connectivity index is 2.22. The summed E-state index contributed by atoms with van der Waals surface area (Å²) in [7, 11) is 0. The van der Waals surface area contributed by atoms with Gasteiger partial charge >= 0.3 is 0 Å². The van der Waals surface area contributed by atoms with Crippen molar-refractivity contribution in [2.75, 3.05) is 13.2 Å². The van der Waals surface area contributed by atoms with Gasteiger partial charge in [0.15, 0.2) is 5.82 Å². The van der Waals surface area contributed by atoms with Crippen molar-refractivity contribution in [3.8, 4) is 0 Å². The van der Waals surface area contributed by atoms with E-state index in [1.54, 1.807) is 0 Å². The van der Waals surface area contributed by atoms with E-state index >= 15 is 0 Å². The molecule has 0 saturated heterocycles. The summed E-state index contributed by atoms with van der Waals surface area (Å²) in [4.78, 5) is 4.16. The monoisotopic (exact) mass is 199 g/mol. The van der Waals surface area contributed by atoms with E-state index in [1.807, 2.05) is 0 Å². The van der Waals surface area contributed by atoms with Crippen LogP contribution >= 0.6 is 0 Å². The van der Waals surface area contributed by atoms with Crippen LogP contribution in [-0.4, -0.2) is 23.3 Å². The van der Waals surface area contributed by atoms with E-state index in [-0.39, 0.29) is 0 Å². The third-order valence-corrected chi connectivity index (χ3v) is 1.70. The third kappa shape index (κ3) is 3.85. The van der Waals surface area contributed by atoms with E-state index < -0.39 is 0 Å². The summed E-state index contributed by atoms with van der Waals surface area (Å²) in [6.07, 6.45) is 2.70. The van der Waals surface area contributed by atoms with Gasteiger partial charge in [-0.25, -0.2) is 0 Å². The third-order valence-electron chi connectivity index (χ3n) is 1.70. The Kier molecular flexibility index (Phi) is 5.17. The Morgan fingerprint density at radius 2 is 2.36 bits per heavy atom. The van der Waals surface area contributed by atoms with Crippen molar-refractivity contribution in [2.24, 2.45) is 5.73 Å². The fourth-order valence-electron chi connectivity index (χ4n) is 1.01. The summed E-state index contributed by atoms with van der Waals surface area (Å²) in [6.45, 7) is 3.77. The second kappa shape index (κ2) is 6.50. The molecule has 0 amide bonds. The van der Waals surface area contributed by atoms with Crippen LogP contribution in [0.3, 0.4) is 0 Å². The minimum atomic E-state index is 0.410. The minimum absolute atomic E-state index is 0.410. The molecule has 0 aliphatic carbocycles. The van der Waals surface area contributed by atoms with E-state index in [4.69, 9.17) is 15.0 Å². The summed E-state index contributed by atoms with van der Waals surface area (Å²) in [5.74, 6) is 1.30. The maximum Gasteiger partial charge on any atom is 0.226 e. The van der Waals surface area contributed by atoms with Crippen LogP contribution in [-0.2, 0) is 17.8 Å². The summed E-state index contributed by atoms with van der Waals surface area (Å²) in [5, 5.41) is 3.79. The van der Waals surface area contributed by atoms with Crippen LogP contribution < -0.4 is 5.73 Å². The van der Waals surface area contributed by atoms with Gasteiger partial charge in [0, 0.05) is 13.0 Å². The van der Waals surface area contributed by atoms with Crippen molar-refractivity contribution in [1.82, 2.24) is 10.1 Å². The molecule has 0 radical (unpaired) electrons. The highest BCUT2D eigenvalue weighted by molar-refractivity contribution is 4.84. The number of hydrogen-bond donors (Lipinski definition) is 1. The molecule has 0 aromatic carbocycles. The Morgan fingerprint density at radius 1 is 1.50 bits per heavy atom. The number of aromatic nitrogens is 2. The molecule has 0 fully saturated rings. The highest BCUT2D eigenvalue weighted by atomic mass is 16.5. The first-order chi connectivity index (χ1) is 6.86. The lowest BCUT2D eigenvalue weighted by atomic mass is 10.3. The predicted molar refractivity (Wildman–Crippen MR) is 51.6 cm³/mol. The molecule has 0 unspecified atom stereocenters. The molecular weight excluding hydrogens is 182 g/mol. The molecule has 0 aliphatic rings. The van der Waals surface area contributed by atoms with Crippen molar-refractivity contribution in [3.63, 3.8) is 0 Å². The number of ether oxygens (including phenoxy) is 1. The molecule has 1 aromatic heterocycles. The van der Waals surface area contributed by atoms with E-state index in [1.165, 1.54) is 0 Å². The lowest BCUT2D eigenvalue weighted by Gasteiger charge is -1.97. The standard InChI is InChI=1S/C9H17N3O2/c1-2-4-9-11-8(12-14-9)7-13-6-3-5-10/h2-7,10H2,1H3. The average molecular weight is 199 g/mol. The molecule has 1 rings (SSSR count). The fraction of sp³-hybridized carbons (Fsp3) is 0.778. The minimum Gasteiger partial charge on any atom is -0.373 e. The van der Waals surface area contributed by atoms with Crippen molar-refractivity contribution in [3.05, 3.63) is 11.7 Å². The summed E-state index contributed by atoms with van der Waals surface area (Å²) >= 11 is 0. The first kappa shape index (κ1) is 11.1. The summed E-state index contributed by atoms with van der Waals surface area (Å²) in [6, 6.07) is 0. The Labute approximate surface area is 83.6 Å². The predicted octanol–water partition coefficient (Wildman–Crippen LogP) is 0.887.